The van der Waals surface area contributed by atoms with Gasteiger partial charge in [-0.15, -0.1) is 23.7 Å². The van der Waals surface area contributed by atoms with Crippen molar-refractivity contribution in [3.8, 4) is 5.75 Å². The number of nitrogens with one attached hydrogen (secondary N) is 1. The molecule has 2 amide bonds. The van der Waals surface area contributed by atoms with Crippen molar-refractivity contribution in [2.24, 2.45) is 22.6 Å². The number of methoxy groups -OCH3 is 1. The molecule has 1 fully saturated rings. The molecule has 35 heavy (non-hydrogen) atoms. The van der Waals surface area contributed by atoms with Gasteiger partial charge in [-0.2, -0.15) is 4.99 Å². The van der Waals surface area contributed by atoms with Crippen molar-refractivity contribution in [2.75, 3.05) is 12.4 Å². The van der Waals surface area contributed by atoms with Crippen LogP contribution in [0.1, 0.15) is 49.9 Å². The van der Waals surface area contributed by atoms with Gasteiger partial charge >= 0.3 is 5.97 Å². The molecule has 12 heteroatoms. The minimum Gasteiger partial charge on any atom is -0.496 e. The van der Waals surface area contributed by atoms with E-state index in [4.69, 9.17) is 26.8 Å². The van der Waals surface area contributed by atoms with Crippen LogP contribution in [0.4, 0.5) is 5.69 Å². The van der Waals surface area contributed by atoms with Gasteiger partial charge in [0.1, 0.15) is 11.8 Å². The Labute approximate surface area is 219 Å². The number of halogens is 2. The third-order valence-corrected chi connectivity index (χ3v) is 6.80. The summed E-state index contributed by atoms with van der Waals surface area (Å²) < 4.78 is 12.1. The Hall–Kier alpha value is -2.40. The molecule has 0 unspecified atom stereocenters. The van der Waals surface area contributed by atoms with Crippen LogP contribution >= 0.6 is 35.3 Å². The molecular weight excluding hydrogens is 515 g/mol. The highest BCUT2D eigenvalue weighted by atomic mass is 35.5. The quantitative estimate of drug-likeness (QED) is 0.484. The Morgan fingerprint density at radius 1 is 1.29 bits per heavy atom. The molecule has 1 aliphatic carbocycles. The normalized spacial score (nSPS) is 15.0. The molecule has 0 spiro atoms. The molecule has 0 bridgehead atoms. The van der Waals surface area contributed by atoms with Crippen LogP contribution in [0.2, 0.25) is 5.02 Å². The minimum absolute atomic E-state index is 0. The summed E-state index contributed by atoms with van der Waals surface area (Å²) in [5, 5.41) is 4.76. The molecule has 0 radical (unpaired) electrons. The van der Waals surface area contributed by atoms with Crippen molar-refractivity contribution in [3.63, 3.8) is 0 Å². The molecule has 3 N–H and O–H groups in total. The zero-order valence-corrected chi connectivity index (χ0v) is 22.2. The summed E-state index contributed by atoms with van der Waals surface area (Å²) in [6.07, 6.45) is 5.44. The Morgan fingerprint density at radius 3 is 2.60 bits per heavy atom. The van der Waals surface area contributed by atoms with Crippen molar-refractivity contribution in [1.82, 2.24) is 4.57 Å². The predicted octanol–water partition coefficient (Wildman–Crippen LogP) is 3.99. The van der Waals surface area contributed by atoms with Gasteiger partial charge in [-0.05, 0) is 24.8 Å². The summed E-state index contributed by atoms with van der Waals surface area (Å²) in [7, 11) is 1.42. The fourth-order valence-corrected chi connectivity index (χ4v) is 4.47. The van der Waals surface area contributed by atoms with Gasteiger partial charge in [-0.1, -0.05) is 38.3 Å². The topological polar surface area (TPSA) is 125 Å². The third-order valence-electron chi connectivity index (χ3n) is 5.70. The largest absolute Gasteiger partial charge is 0.496 e. The first-order chi connectivity index (χ1) is 16.2. The minimum atomic E-state index is -0.736. The van der Waals surface area contributed by atoms with Crippen LogP contribution < -0.4 is 20.6 Å². The van der Waals surface area contributed by atoms with E-state index in [1.807, 2.05) is 13.8 Å². The lowest BCUT2D eigenvalue weighted by molar-refractivity contribution is -0.150. The van der Waals surface area contributed by atoms with E-state index in [1.165, 1.54) is 35.1 Å². The molecule has 1 aliphatic rings. The van der Waals surface area contributed by atoms with E-state index >= 15 is 0 Å². The fraction of sp³-hybridized carbons (Fsp3) is 0.478. The number of rotatable bonds is 8. The molecule has 1 saturated carbocycles. The number of carbonyl (C=O) groups is 3. The van der Waals surface area contributed by atoms with Crippen LogP contribution in [0.3, 0.4) is 0 Å². The Kier molecular flexibility index (Phi) is 10.8. The summed E-state index contributed by atoms with van der Waals surface area (Å²) in [6, 6.07) is 2.21. The summed E-state index contributed by atoms with van der Waals surface area (Å²) in [6.45, 7) is 3.53. The number of aromatic nitrogens is 1. The lowest BCUT2D eigenvalue weighted by Gasteiger charge is -2.15. The highest BCUT2D eigenvalue weighted by Gasteiger charge is 2.24. The highest BCUT2D eigenvalue weighted by molar-refractivity contribution is 7.07. The summed E-state index contributed by atoms with van der Waals surface area (Å²) in [4.78, 5) is 41.9. The van der Waals surface area contributed by atoms with Gasteiger partial charge < -0.3 is 20.5 Å². The van der Waals surface area contributed by atoms with Gasteiger partial charge in [0.05, 0.1) is 23.4 Å². The van der Waals surface area contributed by atoms with Crippen molar-refractivity contribution in [1.29, 1.82) is 0 Å². The standard InChI is InChI=1S/C23H29ClN4O5S.ClH/c1-13(2)19(25)22(31)33-12-28-8-9-34-23(28)27-21(30)15-10-16(24)17(11-18(15)32-3)26-20(29)14-6-4-5-7-14;/h8-11,13-14,19H,4-7,12,25H2,1-3H3,(H,26,29);1H/b27-23-;/t19-;/m0./s1. The number of nitrogens with two attached hydrogens (primary N) is 1. The third kappa shape index (κ3) is 7.30. The number of esters is 1. The first-order valence-electron chi connectivity index (χ1n) is 11.0. The summed E-state index contributed by atoms with van der Waals surface area (Å²) >= 11 is 7.57. The molecule has 192 valence electrons. The Bertz CT molecular complexity index is 1130. The number of hydrogen-bond acceptors (Lipinski definition) is 7. The number of hydrogen-bond donors (Lipinski definition) is 2. The average Bonchev–Trinajstić information content (AvgIpc) is 3.50. The van der Waals surface area contributed by atoms with E-state index in [0.717, 1.165) is 25.7 Å². The van der Waals surface area contributed by atoms with Crippen LogP contribution in [-0.4, -0.2) is 35.5 Å². The summed E-state index contributed by atoms with van der Waals surface area (Å²) in [5.41, 5.74) is 6.33. The molecule has 0 saturated heterocycles. The molecule has 0 aliphatic heterocycles. The van der Waals surface area contributed by atoms with E-state index in [2.05, 4.69) is 10.3 Å². The second-order valence-electron chi connectivity index (χ2n) is 8.44. The first kappa shape index (κ1) is 28.8. The molecule has 3 rings (SSSR count). The number of ether oxygens (including phenoxy) is 2. The number of thiazole rings is 1. The van der Waals surface area contributed by atoms with Gasteiger partial charge in [-0.25, -0.2) is 0 Å². The SMILES string of the molecule is COc1cc(NC(=O)C2CCCC2)c(Cl)cc1C(=O)/N=c1\sccn1COC(=O)[C@@H](N)C(C)C.Cl. The average molecular weight is 545 g/mol. The van der Waals surface area contributed by atoms with E-state index in [0.29, 0.717) is 10.5 Å². The number of anilines is 1. The molecule has 1 aromatic carbocycles. The van der Waals surface area contributed by atoms with E-state index < -0.39 is 17.9 Å². The highest BCUT2D eigenvalue weighted by Crippen LogP contribution is 2.33. The van der Waals surface area contributed by atoms with E-state index in [9.17, 15) is 14.4 Å². The molecular formula is C23H30Cl2N4O5S. The second-order valence-corrected chi connectivity index (χ2v) is 9.72. The first-order valence-corrected chi connectivity index (χ1v) is 12.3. The van der Waals surface area contributed by atoms with E-state index in [-0.39, 0.29) is 53.2 Å². The van der Waals surface area contributed by atoms with Gasteiger partial charge in [-0.3, -0.25) is 19.0 Å². The van der Waals surface area contributed by atoms with Gasteiger partial charge in [0.2, 0.25) is 5.91 Å². The van der Waals surface area contributed by atoms with Crippen molar-refractivity contribution in [2.45, 2.75) is 52.3 Å². The molecule has 1 atom stereocenters. The summed E-state index contributed by atoms with van der Waals surface area (Å²) in [5.74, 6) is -1.07. The molecule has 2 aromatic rings. The number of carbonyl (C=O) groups excluding carboxylic acids is 3. The van der Waals surface area contributed by atoms with Crippen molar-refractivity contribution < 1.29 is 23.9 Å². The van der Waals surface area contributed by atoms with Gasteiger partial charge in [0.15, 0.2) is 11.5 Å². The van der Waals surface area contributed by atoms with Crippen LogP contribution in [0.25, 0.3) is 0 Å². The zero-order valence-electron chi connectivity index (χ0n) is 19.8. The van der Waals surface area contributed by atoms with Crippen LogP contribution in [0.15, 0.2) is 28.7 Å². The lowest BCUT2D eigenvalue weighted by atomic mass is 10.1. The maximum absolute atomic E-state index is 12.9. The number of amides is 2. The van der Waals surface area contributed by atoms with Crippen molar-refractivity contribution in [3.05, 3.63) is 39.1 Å². The smallest absolute Gasteiger partial charge is 0.324 e. The second kappa shape index (κ2) is 13.1. The fourth-order valence-electron chi connectivity index (χ4n) is 3.54. The lowest BCUT2D eigenvalue weighted by Crippen LogP contribution is -2.37. The van der Waals surface area contributed by atoms with Gasteiger partial charge in [0, 0.05) is 23.6 Å². The molecule has 1 aromatic heterocycles. The molecule has 9 nitrogen and oxygen atoms in total. The van der Waals surface area contributed by atoms with Gasteiger partial charge in [0.25, 0.3) is 5.91 Å². The monoisotopic (exact) mass is 544 g/mol. The maximum atomic E-state index is 12.9. The Balaban J connectivity index is 0.00000432. The predicted molar refractivity (Wildman–Crippen MR) is 137 cm³/mol. The zero-order chi connectivity index (χ0) is 24.8. The Morgan fingerprint density at radius 2 is 1.97 bits per heavy atom. The van der Waals surface area contributed by atoms with Crippen molar-refractivity contribution >= 4 is 58.8 Å². The molecule has 1 heterocycles. The maximum Gasteiger partial charge on any atom is 0.324 e. The van der Waals surface area contributed by atoms with Crippen LogP contribution in [-0.2, 0) is 21.1 Å². The van der Waals surface area contributed by atoms with Crippen LogP contribution in [0.5, 0.6) is 5.75 Å². The van der Waals surface area contributed by atoms with Crippen LogP contribution in [0, 0.1) is 11.8 Å². The number of benzene rings is 1. The van der Waals surface area contributed by atoms with E-state index in [1.54, 1.807) is 11.6 Å². The number of nitrogens with zero attached hydrogens (tertiary/aromatic N) is 2.